The Morgan fingerprint density at radius 1 is 1.44 bits per heavy atom. The van der Waals surface area contributed by atoms with Gasteiger partial charge in [0.1, 0.15) is 5.82 Å². The van der Waals surface area contributed by atoms with Crippen LogP contribution < -0.4 is 5.73 Å². The van der Waals surface area contributed by atoms with Gasteiger partial charge in [-0.3, -0.25) is 0 Å². The van der Waals surface area contributed by atoms with Gasteiger partial charge in [0.25, 0.3) is 0 Å². The van der Waals surface area contributed by atoms with E-state index in [1.807, 2.05) is 42.7 Å². The molecule has 3 N–H and O–H groups in total. The zero-order valence-corrected chi connectivity index (χ0v) is 9.59. The molecule has 2 atom stereocenters. The molecular formula is C12H17N3O. The maximum absolute atomic E-state index is 9.42. The third-order valence-corrected chi connectivity index (χ3v) is 2.90. The number of fused-ring (bicyclic) bond motifs is 1. The minimum Gasteiger partial charge on any atom is -0.394 e. The first-order valence-electron chi connectivity index (χ1n) is 5.45. The van der Waals surface area contributed by atoms with Gasteiger partial charge in [-0.05, 0) is 26.0 Å². The molecule has 1 aromatic heterocycles. The quantitative estimate of drug-likeness (QED) is 0.816. The number of hydrogen-bond donors (Lipinski definition) is 2. The molecule has 0 aliphatic heterocycles. The lowest BCUT2D eigenvalue weighted by molar-refractivity contribution is 0.212. The first kappa shape index (κ1) is 11.1. The van der Waals surface area contributed by atoms with E-state index in [2.05, 4.69) is 4.98 Å². The SMILES string of the molecule is Cc1nc2ccccc2n1C(CO)C(C)N. The Balaban J connectivity index is 2.62. The molecule has 0 saturated heterocycles. The number of benzene rings is 1. The summed E-state index contributed by atoms with van der Waals surface area (Å²) in [4.78, 5) is 4.46. The zero-order chi connectivity index (χ0) is 11.7. The van der Waals surface area contributed by atoms with Gasteiger partial charge in [-0.25, -0.2) is 4.98 Å². The topological polar surface area (TPSA) is 64.1 Å². The lowest BCUT2D eigenvalue weighted by Gasteiger charge is -2.22. The van der Waals surface area contributed by atoms with Gasteiger partial charge < -0.3 is 15.4 Å². The van der Waals surface area contributed by atoms with Crippen LogP contribution in [0.3, 0.4) is 0 Å². The Hall–Kier alpha value is -1.39. The zero-order valence-electron chi connectivity index (χ0n) is 9.59. The predicted molar refractivity (Wildman–Crippen MR) is 64.2 cm³/mol. The highest BCUT2D eigenvalue weighted by atomic mass is 16.3. The number of aromatic nitrogens is 2. The molecular weight excluding hydrogens is 202 g/mol. The molecule has 0 radical (unpaired) electrons. The predicted octanol–water partition coefficient (Wildman–Crippen LogP) is 1.23. The molecule has 2 rings (SSSR count). The maximum Gasteiger partial charge on any atom is 0.107 e. The first-order valence-corrected chi connectivity index (χ1v) is 5.45. The number of aliphatic hydroxyl groups is 1. The van der Waals surface area contributed by atoms with Crippen molar-refractivity contribution in [1.82, 2.24) is 9.55 Å². The second-order valence-electron chi connectivity index (χ2n) is 4.13. The molecule has 0 aliphatic carbocycles. The summed E-state index contributed by atoms with van der Waals surface area (Å²) in [5, 5.41) is 9.42. The average Bonchev–Trinajstić information content (AvgIpc) is 2.57. The molecule has 1 heterocycles. The Labute approximate surface area is 94.7 Å². The van der Waals surface area contributed by atoms with Crippen molar-refractivity contribution in [3.05, 3.63) is 30.1 Å². The Morgan fingerprint density at radius 2 is 2.12 bits per heavy atom. The van der Waals surface area contributed by atoms with E-state index in [-0.39, 0.29) is 18.7 Å². The van der Waals surface area contributed by atoms with Crippen LogP contribution in [-0.2, 0) is 0 Å². The van der Waals surface area contributed by atoms with Crippen LogP contribution in [0.1, 0.15) is 18.8 Å². The third-order valence-electron chi connectivity index (χ3n) is 2.90. The second kappa shape index (κ2) is 4.23. The van der Waals surface area contributed by atoms with E-state index in [0.717, 1.165) is 16.9 Å². The van der Waals surface area contributed by atoms with Crippen LogP contribution in [0, 0.1) is 6.92 Å². The average molecular weight is 219 g/mol. The fourth-order valence-corrected chi connectivity index (χ4v) is 2.07. The Morgan fingerprint density at radius 3 is 2.75 bits per heavy atom. The lowest BCUT2D eigenvalue weighted by Crippen LogP contribution is -2.32. The molecule has 0 fully saturated rings. The van der Waals surface area contributed by atoms with E-state index >= 15 is 0 Å². The van der Waals surface area contributed by atoms with Gasteiger partial charge >= 0.3 is 0 Å². The number of aliphatic hydroxyl groups excluding tert-OH is 1. The summed E-state index contributed by atoms with van der Waals surface area (Å²) in [5.74, 6) is 0.887. The van der Waals surface area contributed by atoms with Crippen molar-refractivity contribution in [2.24, 2.45) is 5.73 Å². The largest absolute Gasteiger partial charge is 0.394 e. The summed E-state index contributed by atoms with van der Waals surface area (Å²) in [5.41, 5.74) is 7.86. The Bertz CT molecular complexity index is 490. The fraction of sp³-hybridized carbons (Fsp3) is 0.417. The summed E-state index contributed by atoms with van der Waals surface area (Å²) in [6.07, 6.45) is 0. The van der Waals surface area contributed by atoms with Gasteiger partial charge in [-0.15, -0.1) is 0 Å². The summed E-state index contributed by atoms with van der Waals surface area (Å²) in [6.45, 7) is 3.86. The molecule has 4 nitrogen and oxygen atoms in total. The number of para-hydroxylation sites is 2. The van der Waals surface area contributed by atoms with Crippen LogP contribution in [0.4, 0.5) is 0 Å². The van der Waals surface area contributed by atoms with Crippen molar-refractivity contribution < 1.29 is 5.11 Å². The minimum atomic E-state index is -0.118. The van der Waals surface area contributed by atoms with Gasteiger partial charge in [0.05, 0.1) is 23.7 Å². The van der Waals surface area contributed by atoms with Crippen LogP contribution in [0.15, 0.2) is 24.3 Å². The molecule has 2 unspecified atom stereocenters. The van der Waals surface area contributed by atoms with Crippen LogP contribution >= 0.6 is 0 Å². The van der Waals surface area contributed by atoms with E-state index in [1.165, 1.54) is 0 Å². The molecule has 0 amide bonds. The fourth-order valence-electron chi connectivity index (χ4n) is 2.07. The van der Waals surface area contributed by atoms with Crippen molar-refractivity contribution in [3.63, 3.8) is 0 Å². The van der Waals surface area contributed by atoms with Gasteiger partial charge in [-0.2, -0.15) is 0 Å². The second-order valence-corrected chi connectivity index (χ2v) is 4.13. The molecule has 0 saturated carbocycles. The monoisotopic (exact) mass is 219 g/mol. The lowest BCUT2D eigenvalue weighted by atomic mass is 10.1. The van der Waals surface area contributed by atoms with Gasteiger partial charge in [0.2, 0.25) is 0 Å². The number of rotatable bonds is 3. The van der Waals surface area contributed by atoms with Crippen molar-refractivity contribution in [3.8, 4) is 0 Å². The molecule has 16 heavy (non-hydrogen) atoms. The number of aryl methyl sites for hydroxylation is 1. The normalized spacial score (nSPS) is 15.2. The summed E-state index contributed by atoms with van der Waals surface area (Å²) in [6, 6.07) is 7.66. The van der Waals surface area contributed by atoms with E-state index in [9.17, 15) is 5.11 Å². The number of imidazole rings is 1. The van der Waals surface area contributed by atoms with Crippen molar-refractivity contribution in [1.29, 1.82) is 0 Å². The van der Waals surface area contributed by atoms with Gasteiger partial charge in [-0.1, -0.05) is 12.1 Å². The summed E-state index contributed by atoms with van der Waals surface area (Å²) in [7, 11) is 0. The van der Waals surface area contributed by atoms with Crippen LogP contribution in [0.5, 0.6) is 0 Å². The van der Waals surface area contributed by atoms with Gasteiger partial charge in [0, 0.05) is 6.04 Å². The number of hydrogen-bond acceptors (Lipinski definition) is 3. The smallest absolute Gasteiger partial charge is 0.107 e. The van der Waals surface area contributed by atoms with Crippen LogP contribution in [-0.4, -0.2) is 27.3 Å². The molecule has 1 aromatic carbocycles. The highest BCUT2D eigenvalue weighted by Crippen LogP contribution is 2.21. The van der Waals surface area contributed by atoms with Crippen molar-refractivity contribution in [2.45, 2.75) is 25.9 Å². The van der Waals surface area contributed by atoms with Gasteiger partial charge in [0.15, 0.2) is 0 Å². The first-order chi connectivity index (χ1) is 7.65. The standard InChI is InChI=1S/C12H17N3O/c1-8(13)12(7-16)15-9(2)14-10-5-3-4-6-11(10)15/h3-6,8,12,16H,7,13H2,1-2H3. The van der Waals surface area contributed by atoms with E-state index < -0.39 is 0 Å². The summed E-state index contributed by atoms with van der Waals surface area (Å²) < 4.78 is 2.01. The third kappa shape index (κ3) is 1.70. The Kier molecular flexibility index (Phi) is 2.94. The molecule has 0 spiro atoms. The molecule has 0 aliphatic rings. The molecule has 0 bridgehead atoms. The van der Waals surface area contributed by atoms with Crippen LogP contribution in [0.2, 0.25) is 0 Å². The maximum atomic E-state index is 9.42. The highest BCUT2D eigenvalue weighted by molar-refractivity contribution is 5.76. The van der Waals surface area contributed by atoms with E-state index in [0.29, 0.717) is 0 Å². The van der Waals surface area contributed by atoms with Crippen molar-refractivity contribution >= 4 is 11.0 Å². The highest BCUT2D eigenvalue weighted by Gasteiger charge is 2.19. The van der Waals surface area contributed by atoms with E-state index in [1.54, 1.807) is 0 Å². The number of nitrogens with zero attached hydrogens (tertiary/aromatic N) is 2. The summed E-state index contributed by atoms with van der Waals surface area (Å²) >= 11 is 0. The molecule has 86 valence electrons. The molecule has 2 aromatic rings. The molecule has 4 heteroatoms. The number of nitrogens with two attached hydrogens (primary N) is 1. The van der Waals surface area contributed by atoms with Crippen molar-refractivity contribution in [2.75, 3.05) is 6.61 Å². The van der Waals surface area contributed by atoms with Crippen LogP contribution in [0.25, 0.3) is 11.0 Å². The minimum absolute atomic E-state index is 0.0266. The van der Waals surface area contributed by atoms with E-state index in [4.69, 9.17) is 5.73 Å².